The molecule has 1 N–H and O–H groups in total. The van der Waals surface area contributed by atoms with Crippen molar-refractivity contribution in [3.8, 4) is 0 Å². The van der Waals surface area contributed by atoms with E-state index in [0.717, 1.165) is 11.8 Å². The van der Waals surface area contributed by atoms with Crippen LogP contribution < -0.4 is 5.32 Å². The van der Waals surface area contributed by atoms with Crippen molar-refractivity contribution in [3.63, 3.8) is 0 Å². The first-order valence-corrected chi connectivity index (χ1v) is 4.17. The first kappa shape index (κ1) is 7.07. The monoisotopic (exact) mass is 127 g/mol. The Morgan fingerprint density at radius 2 is 2.00 bits per heavy atom. The zero-order chi connectivity index (χ0) is 6.69. The highest BCUT2D eigenvalue weighted by molar-refractivity contribution is 4.91. The van der Waals surface area contributed by atoms with Crippen LogP contribution in [-0.4, -0.2) is 13.1 Å². The van der Waals surface area contributed by atoms with Gasteiger partial charge < -0.3 is 5.32 Å². The third-order valence-electron chi connectivity index (χ3n) is 2.17. The summed E-state index contributed by atoms with van der Waals surface area (Å²) in [5, 5.41) is 3.38. The quantitative estimate of drug-likeness (QED) is 0.521. The Hall–Kier alpha value is -0.0400. The molecule has 2 fully saturated rings. The molecule has 2 atom stereocenters. The smallest absolute Gasteiger partial charge is 0.00178 e. The maximum absolute atomic E-state index is 3.38. The minimum absolute atomic E-state index is 1.09. The van der Waals surface area contributed by atoms with E-state index in [1.807, 2.05) is 13.8 Å². The molecule has 1 aliphatic heterocycles. The third kappa shape index (κ3) is 1.68. The van der Waals surface area contributed by atoms with Crippen molar-refractivity contribution < 1.29 is 0 Å². The van der Waals surface area contributed by atoms with Crippen LogP contribution in [-0.2, 0) is 0 Å². The van der Waals surface area contributed by atoms with Crippen molar-refractivity contribution in [1.29, 1.82) is 0 Å². The lowest BCUT2D eigenvalue weighted by atomic mass is 10.2. The minimum atomic E-state index is 1.09. The molecule has 1 heteroatoms. The van der Waals surface area contributed by atoms with Crippen LogP contribution in [0.4, 0.5) is 0 Å². The zero-order valence-electron chi connectivity index (χ0n) is 6.48. The number of fused-ring (bicyclic) bond motifs is 1. The molecule has 1 heterocycles. The van der Waals surface area contributed by atoms with Gasteiger partial charge in [0, 0.05) is 0 Å². The highest BCUT2D eigenvalue weighted by Gasteiger charge is 2.38. The van der Waals surface area contributed by atoms with Gasteiger partial charge in [0.05, 0.1) is 0 Å². The molecule has 0 bridgehead atoms. The van der Waals surface area contributed by atoms with Crippen LogP contribution in [0.5, 0.6) is 0 Å². The second kappa shape index (κ2) is 3.21. The van der Waals surface area contributed by atoms with Crippen molar-refractivity contribution in [1.82, 2.24) is 5.32 Å². The molecule has 0 radical (unpaired) electrons. The Kier molecular flexibility index (Phi) is 2.52. The van der Waals surface area contributed by atoms with Crippen molar-refractivity contribution in [3.05, 3.63) is 0 Å². The molecule has 1 nitrogen and oxygen atoms in total. The topological polar surface area (TPSA) is 12.0 Å². The van der Waals surface area contributed by atoms with Gasteiger partial charge in [0.15, 0.2) is 0 Å². The van der Waals surface area contributed by atoms with Gasteiger partial charge in [-0.2, -0.15) is 0 Å². The summed E-state index contributed by atoms with van der Waals surface area (Å²) in [7, 11) is 0. The van der Waals surface area contributed by atoms with E-state index in [4.69, 9.17) is 0 Å². The lowest BCUT2D eigenvalue weighted by Crippen LogP contribution is -2.23. The molecule has 2 unspecified atom stereocenters. The number of hydrogen-bond donors (Lipinski definition) is 1. The number of piperidine rings is 1. The van der Waals surface area contributed by atoms with Gasteiger partial charge in [0.1, 0.15) is 0 Å². The molecule has 1 saturated heterocycles. The fourth-order valence-corrected chi connectivity index (χ4v) is 1.49. The highest BCUT2D eigenvalue weighted by Crippen LogP contribution is 2.42. The van der Waals surface area contributed by atoms with E-state index in [1.54, 1.807) is 0 Å². The van der Waals surface area contributed by atoms with Gasteiger partial charge in [0.25, 0.3) is 0 Å². The molecule has 0 aromatic heterocycles. The van der Waals surface area contributed by atoms with Crippen molar-refractivity contribution in [2.24, 2.45) is 11.8 Å². The normalized spacial score (nSPS) is 38.0. The lowest BCUT2D eigenvalue weighted by Gasteiger charge is -2.08. The van der Waals surface area contributed by atoms with E-state index in [0.29, 0.717) is 0 Å². The summed E-state index contributed by atoms with van der Waals surface area (Å²) in [5.41, 5.74) is 0. The summed E-state index contributed by atoms with van der Waals surface area (Å²) < 4.78 is 0. The van der Waals surface area contributed by atoms with Crippen molar-refractivity contribution in [2.45, 2.75) is 26.7 Å². The molecular formula is C8H17N. The Morgan fingerprint density at radius 1 is 1.22 bits per heavy atom. The minimum Gasteiger partial charge on any atom is -0.316 e. The molecule has 0 aromatic carbocycles. The lowest BCUT2D eigenvalue weighted by molar-refractivity contribution is 0.497. The summed E-state index contributed by atoms with van der Waals surface area (Å²) >= 11 is 0. The van der Waals surface area contributed by atoms with Crippen LogP contribution in [0.15, 0.2) is 0 Å². The fraction of sp³-hybridized carbons (Fsp3) is 1.00. The molecule has 54 valence electrons. The SMILES string of the molecule is C1CC2CC2CN1.CC. The van der Waals surface area contributed by atoms with Gasteiger partial charge in [-0.05, 0) is 37.8 Å². The first-order chi connectivity index (χ1) is 4.47. The summed E-state index contributed by atoms with van der Waals surface area (Å²) in [4.78, 5) is 0. The Morgan fingerprint density at radius 3 is 2.44 bits per heavy atom. The van der Waals surface area contributed by atoms with Crippen LogP contribution in [0.2, 0.25) is 0 Å². The maximum atomic E-state index is 3.38. The molecule has 0 amide bonds. The van der Waals surface area contributed by atoms with Gasteiger partial charge in [-0.3, -0.25) is 0 Å². The van der Waals surface area contributed by atoms with Crippen LogP contribution in [0.1, 0.15) is 26.7 Å². The summed E-state index contributed by atoms with van der Waals surface area (Å²) in [6.07, 6.45) is 2.97. The van der Waals surface area contributed by atoms with Gasteiger partial charge in [-0.25, -0.2) is 0 Å². The van der Waals surface area contributed by atoms with E-state index in [2.05, 4.69) is 5.32 Å². The second-order valence-corrected chi connectivity index (χ2v) is 2.75. The van der Waals surface area contributed by atoms with Crippen LogP contribution in [0.3, 0.4) is 0 Å². The van der Waals surface area contributed by atoms with E-state index >= 15 is 0 Å². The van der Waals surface area contributed by atoms with Crippen molar-refractivity contribution >= 4 is 0 Å². The maximum Gasteiger partial charge on any atom is -0.00178 e. The van der Waals surface area contributed by atoms with E-state index in [1.165, 1.54) is 25.9 Å². The number of rotatable bonds is 0. The highest BCUT2D eigenvalue weighted by atomic mass is 14.9. The van der Waals surface area contributed by atoms with Crippen LogP contribution >= 0.6 is 0 Å². The average molecular weight is 127 g/mol. The molecular weight excluding hydrogens is 110 g/mol. The van der Waals surface area contributed by atoms with Gasteiger partial charge in [-0.1, -0.05) is 13.8 Å². The third-order valence-corrected chi connectivity index (χ3v) is 2.17. The van der Waals surface area contributed by atoms with E-state index < -0.39 is 0 Å². The number of nitrogens with one attached hydrogen (secondary N) is 1. The predicted molar refractivity (Wildman–Crippen MR) is 40.4 cm³/mol. The molecule has 0 aromatic rings. The van der Waals surface area contributed by atoms with Crippen molar-refractivity contribution in [2.75, 3.05) is 13.1 Å². The molecule has 2 aliphatic rings. The standard InChI is InChI=1S/C6H11N.C2H6/c1-2-7-4-6-3-5(1)6;1-2/h5-7H,1-4H2;1-2H3. The Labute approximate surface area is 57.8 Å². The van der Waals surface area contributed by atoms with Gasteiger partial charge in [0.2, 0.25) is 0 Å². The molecule has 0 spiro atoms. The van der Waals surface area contributed by atoms with Gasteiger partial charge in [-0.15, -0.1) is 0 Å². The van der Waals surface area contributed by atoms with E-state index in [9.17, 15) is 0 Å². The fourth-order valence-electron chi connectivity index (χ4n) is 1.49. The Balaban J connectivity index is 0.000000186. The largest absolute Gasteiger partial charge is 0.316 e. The number of hydrogen-bond acceptors (Lipinski definition) is 1. The Bertz CT molecular complexity index is 70.6. The second-order valence-electron chi connectivity index (χ2n) is 2.75. The predicted octanol–water partition coefficient (Wildman–Crippen LogP) is 1.64. The summed E-state index contributed by atoms with van der Waals surface area (Å²) in [6, 6.07) is 0. The zero-order valence-corrected chi connectivity index (χ0v) is 6.48. The molecule has 1 aliphatic carbocycles. The van der Waals surface area contributed by atoms with Crippen LogP contribution in [0.25, 0.3) is 0 Å². The molecule has 9 heavy (non-hydrogen) atoms. The van der Waals surface area contributed by atoms with Crippen LogP contribution in [0, 0.1) is 11.8 Å². The summed E-state index contributed by atoms with van der Waals surface area (Å²) in [6.45, 7) is 6.59. The van der Waals surface area contributed by atoms with E-state index in [-0.39, 0.29) is 0 Å². The van der Waals surface area contributed by atoms with Gasteiger partial charge >= 0.3 is 0 Å². The summed E-state index contributed by atoms with van der Waals surface area (Å²) in [5.74, 6) is 2.23. The molecule has 2 rings (SSSR count). The first-order valence-electron chi connectivity index (χ1n) is 4.17. The average Bonchev–Trinajstić information content (AvgIpc) is 2.69. The molecule has 1 saturated carbocycles.